The van der Waals surface area contributed by atoms with Crippen molar-refractivity contribution in [2.45, 2.75) is 12.1 Å². The first-order valence-corrected chi connectivity index (χ1v) is 6.49. The Balaban J connectivity index is 1.59. The van der Waals surface area contributed by atoms with Gasteiger partial charge in [-0.05, 0) is 17.7 Å². The van der Waals surface area contributed by atoms with Crippen LogP contribution in [0, 0.1) is 0 Å². The van der Waals surface area contributed by atoms with Crippen LogP contribution in [-0.4, -0.2) is 31.0 Å². The summed E-state index contributed by atoms with van der Waals surface area (Å²) >= 11 is 0. The van der Waals surface area contributed by atoms with Crippen LogP contribution in [0.1, 0.15) is 11.7 Å². The minimum atomic E-state index is 0.119. The molecule has 0 saturated carbocycles. The predicted octanol–water partition coefficient (Wildman–Crippen LogP) is 2.63. The molecule has 4 rings (SSSR count). The molecule has 0 bridgehead atoms. The second-order valence-corrected chi connectivity index (χ2v) is 4.97. The number of rotatable bonds is 2. The smallest absolute Gasteiger partial charge is 0.133 e. The molecule has 2 aliphatic rings. The fourth-order valence-electron chi connectivity index (χ4n) is 2.79. The van der Waals surface area contributed by atoms with Crippen molar-refractivity contribution in [3.05, 3.63) is 48.2 Å². The highest BCUT2D eigenvalue weighted by Crippen LogP contribution is 2.34. The van der Waals surface area contributed by atoms with Crippen LogP contribution < -0.4 is 0 Å². The van der Waals surface area contributed by atoms with Crippen molar-refractivity contribution in [1.82, 2.24) is 4.90 Å². The maximum absolute atomic E-state index is 5.86. The summed E-state index contributed by atoms with van der Waals surface area (Å²) < 4.78 is 16.7. The highest BCUT2D eigenvalue weighted by Gasteiger charge is 2.39. The van der Waals surface area contributed by atoms with Gasteiger partial charge in [0.2, 0.25) is 0 Å². The van der Waals surface area contributed by atoms with Gasteiger partial charge in [0, 0.05) is 5.56 Å². The molecule has 1 aromatic carbocycles. The minimum Gasteiger partial charge on any atom is -0.464 e. The van der Waals surface area contributed by atoms with Crippen molar-refractivity contribution in [2.75, 3.05) is 20.1 Å². The molecule has 4 nitrogen and oxygen atoms in total. The van der Waals surface area contributed by atoms with Gasteiger partial charge in [0.25, 0.3) is 0 Å². The number of nitrogens with zero attached hydrogens (tertiary/aromatic N) is 1. The monoisotopic (exact) mass is 257 g/mol. The molecule has 4 heteroatoms. The van der Waals surface area contributed by atoms with Crippen LogP contribution in [0.2, 0.25) is 0 Å². The first-order valence-electron chi connectivity index (χ1n) is 6.49. The van der Waals surface area contributed by atoms with E-state index < -0.39 is 0 Å². The Hall–Kier alpha value is -1.62. The van der Waals surface area contributed by atoms with Gasteiger partial charge in [-0.15, -0.1) is 0 Å². The first kappa shape index (κ1) is 11.2. The summed E-state index contributed by atoms with van der Waals surface area (Å²) in [7, 11) is 0. The zero-order chi connectivity index (χ0) is 12.7. The Kier molecular flexibility index (Phi) is 2.65. The topological polar surface area (TPSA) is 34.8 Å². The summed E-state index contributed by atoms with van der Waals surface area (Å²) in [6.45, 7) is 2.10. The van der Waals surface area contributed by atoms with Crippen LogP contribution in [0.25, 0.3) is 11.3 Å². The standard InChI is InChI=1S/C15H15NO3/c1-2-14(18-7-1)11-3-5-12(6-4-11)15-13-8-17-9-16(13)10-19-15/h1-7,13,15H,8-10H2. The Labute approximate surface area is 111 Å². The molecule has 0 amide bonds. The fraction of sp³-hybridized carbons (Fsp3) is 0.333. The Morgan fingerprint density at radius 1 is 1.05 bits per heavy atom. The number of ether oxygens (including phenoxy) is 2. The number of benzene rings is 1. The Morgan fingerprint density at radius 2 is 1.95 bits per heavy atom. The molecule has 0 radical (unpaired) electrons. The van der Waals surface area contributed by atoms with Crippen LogP contribution in [0.4, 0.5) is 0 Å². The van der Waals surface area contributed by atoms with Gasteiger partial charge in [-0.2, -0.15) is 0 Å². The molecule has 19 heavy (non-hydrogen) atoms. The molecule has 2 saturated heterocycles. The number of hydrogen-bond acceptors (Lipinski definition) is 4. The van der Waals surface area contributed by atoms with Gasteiger partial charge in [-0.25, -0.2) is 4.90 Å². The van der Waals surface area contributed by atoms with E-state index >= 15 is 0 Å². The van der Waals surface area contributed by atoms with Crippen LogP contribution in [-0.2, 0) is 9.47 Å². The Morgan fingerprint density at radius 3 is 2.74 bits per heavy atom. The lowest BCUT2D eigenvalue weighted by molar-refractivity contribution is 0.0370. The van der Waals surface area contributed by atoms with Gasteiger partial charge in [0.05, 0.1) is 18.9 Å². The molecule has 0 spiro atoms. The molecule has 2 atom stereocenters. The maximum Gasteiger partial charge on any atom is 0.133 e. The molecule has 2 aromatic rings. The lowest BCUT2D eigenvalue weighted by Crippen LogP contribution is -2.27. The third-order valence-electron chi connectivity index (χ3n) is 3.83. The lowest BCUT2D eigenvalue weighted by Gasteiger charge is -2.16. The molecular formula is C15H15NO3. The SMILES string of the molecule is c1coc(-c2ccc(C3OCN4COCC34)cc2)c1. The molecule has 2 aliphatic heterocycles. The normalized spacial score (nSPS) is 26.7. The highest BCUT2D eigenvalue weighted by molar-refractivity contribution is 5.57. The summed E-state index contributed by atoms with van der Waals surface area (Å²) in [5.41, 5.74) is 2.29. The van der Waals surface area contributed by atoms with Gasteiger partial charge < -0.3 is 13.9 Å². The van der Waals surface area contributed by atoms with E-state index in [1.54, 1.807) is 6.26 Å². The molecule has 1 aromatic heterocycles. The van der Waals surface area contributed by atoms with Crippen molar-refractivity contribution >= 4 is 0 Å². The number of fused-ring (bicyclic) bond motifs is 1. The van der Waals surface area contributed by atoms with E-state index in [1.165, 1.54) is 5.56 Å². The molecule has 3 heterocycles. The summed E-state index contributed by atoms with van der Waals surface area (Å²) in [5.74, 6) is 0.893. The van der Waals surface area contributed by atoms with Crippen molar-refractivity contribution in [2.24, 2.45) is 0 Å². The first-order chi connectivity index (χ1) is 9.42. The van der Waals surface area contributed by atoms with E-state index in [2.05, 4.69) is 29.2 Å². The summed E-state index contributed by atoms with van der Waals surface area (Å²) in [6.07, 6.45) is 1.81. The fourth-order valence-corrected chi connectivity index (χ4v) is 2.79. The lowest BCUT2D eigenvalue weighted by atomic mass is 10.0. The molecule has 2 fully saturated rings. The van der Waals surface area contributed by atoms with E-state index in [4.69, 9.17) is 13.9 Å². The largest absolute Gasteiger partial charge is 0.464 e. The summed E-state index contributed by atoms with van der Waals surface area (Å²) in [6, 6.07) is 12.6. The quantitative estimate of drug-likeness (QED) is 0.828. The van der Waals surface area contributed by atoms with E-state index in [9.17, 15) is 0 Å². The minimum absolute atomic E-state index is 0.119. The van der Waals surface area contributed by atoms with Crippen LogP contribution in [0.5, 0.6) is 0 Å². The van der Waals surface area contributed by atoms with Crippen molar-refractivity contribution in [1.29, 1.82) is 0 Å². The van der Waals surface area contributed by atoms with E-state index in [1.807, 2.05) is 12.1 Å². The van der Waals surface area contributed by atoms with Crippen molar-refractivity contribution in [3.63, 3.8) is 0 Å². The Bertz CT molecular complexity index is 549. The zero-order valence-electron chi connectivity index (χ0n) is 10.5. The second-order valence-electron chi connectivity index (χ2n) is 4.97. The average molecular weight is 257 g/mol. The van der Waals surface area contributed by atoms with Gasteiger partial charge >= 0.3 is 0 Å². The molecule has 0 aliphatic carbocycles. The van der Waals surface area contributed by atoms with E-state index in [0.717, 1.165) is 17.9 Å². The van der Waals surface area contributed by atoms with Crippen molar-refractivity contribution in [3.8, 4) is 11.3 Å². The molecule has 2 unspecified atom stereocenters. The molecule has 98 valence electrons. The zero-order valence-corrected chi connectivity index (χ0v) is 10.5. The third kappa shape index (κ3) is 1.89. The van der Waals surface area contributed by atoms with Gasteiger partial charge in [0.15, 0.2) is 0 Å². The highest BCUT2D eigenvalue weighted by atomic mass is 16.6. The van der Waals surface area contributed by atoms with Crippen LogP contribution in [0.3, 0.4) is 0 Å². The van der Waals surface area contributed by atoms with Crippen LogP contribution >= 0.6 is 0 Å². The summed E-state index contributed by atoms with van der Waals surface area (Å²) in [5, 5.41) is 0. The number of furan rings is 1. The average Bonchev–Trinajstić information content (AvgIpc) is 3.16. The molecular weight excluding hydrogens is 242 g/mol. The second kappa shape index (κ2) is 4.49. The third-order valence-corrected chi connectivity index (χ3v) is 3.83. The van der Waals surface area contributed by atoms with Gasteiger partial charge in [0.1, 0.15) is 25.3 Å². The van der Waals surface area contributed by atoms with E-state index in [0.29, 0.717) is 19.5 Å². The number of hydrogen-bond donors (Lipinski definition) is 0. The predicted molar refractivity (Wildman–Crippen MR) is 69.3 cm³/mol. The van der Waals surface area contributed by atoms with Crippen molar-refractivity contribution < 1.29 is 13.9 Å². The maximum atomic E-state index is 5.86. The van der Waals surface area contributed by atoms with Crippen LogP contribution in [0.15, 0.2) is 47.1 Å². The summed E-state index contributed by atoms with van der Waals surface area (Å²) in [4.78, 5) is 2.23. The van der Waals surface area contributed by atoms with E-state index in [-0.39, 0.29) is 6.10 Å². The molecule has 0 N–H and O–H groups in total. The van der Waals surface area contributed by atoms with Gasteiger partial charge in [-0.1, -0.05) is 24.3 Å². The van der Waals surface area contributed by atoms with Gasteiger partial charge in [-0.3, -0.25) is 0 Å².